The molecule has 0 unspecified atom stereocenters. The van der Waals surface area contributed by atoms with E-state index in [2.05, 4.69) is 37.6 Å². The second kappa shape index (κ2) is 8.01. The first-order valence-electron chi connectivity index (χ1n) is 10.1. The zero-order chi connectivity index (χ0) is 22.2. The van der Waals surface area contributed by atoms with Crippen LogP contribution in [0.5, 0.6) is 0 Å². The van der Waals surface area contributed by atoms with E-state index >= 15 is 0 Å². The summed E-state index contributed by atoms with van der Waals surface area (Å²) in [6.45, 7) is 3.98. The number of hydrogen-bond acceptors (Lipinski definition) is 6. The summed E-state index contributed by atoms with van der Waals surface area (Å²) in [4.78, 5) is 21.8. The molecule has 0 aliphatic carbocycles. The van der Waals surface area contributed by atoms with Crippen molar-refractivity contribution in [1.82, 2.24) is 29.5 Å². The number of nitrogens with one attached hydrogen (secondary N) is 1. The van der Waals surface area contributed by atoms with Gasteiger partial charge in [0, 0.05) is 35.3 Å². The summed E-state index contributed by atoms with van der Waals surface area (Å²) >= 11 is 1.38. The molecule has 0 fully saturated rings. The van der Waals surface area contributed by atoms with Crippen molar-refractivity contribution >= 4 is 33.4 Å². The van der Waals surface area contributed by atoms with Gasteiger partial charge in [0.15, 0.2) is 10.8 Å². The van der Waals surface area contributed by atoms with E-state index in [9.17, 15) is 4.79 Å². The topological polar surface area (TPSA) is 90.5 Å². The third kappa shape index (κ3) is 3.56. The standard InChI is InChI=1S/C23H21N7OS/c1-14-21-17(16-7-5-4-6-8-16)9-10-24-22(21)30(28-14)12-20(31)27-23-26-19(13-32-23)18-11-25-29(3)15(18)2/h4-11,13H,12H2,1-3H3,(H,26,27,31). The Bertz CT molecular complexity index is 1430. The van der Waals surface area contributed by atoms with E-state index in [1.807, 2.05) is 50.5 Å². The van der Waals surface area contributed by atoms with E-state index in [0.29, 0.717) is 10.8 Å². The highest BCUT2D eigenvalue weighted by Crippen LogP contribution is 2.30. The number of thiazole rings is 1. The molecule has 32 heavy (non-hydrogen) atoms. The lowest BCUT2D eigenvalue weighted by atomic mass is 10.0. The van der Waals surface area contributed by atoms with Crippen molar-refractivity contribution < 1.29 is 4.79 Å². The monoisotopic (exact) mass is 443 g/mol. The Balaban J connectivity index is 1.39. The largest absolute Gasteiger partial charge is 0.300 e. The number of rotatable bonds is 5. The number of aromatic nitrogens is 6. The highest BCUT2D eigenvalue weighted by Gasteiger charge is 2.17. The highest BCUT2D eigenvalue weighted by molar-refractivity contribution is 7.14. The van der Waals surface area contributed by atoms with Gasteiger partial charge in [-0.15, -0.1) is 11.3 Å². The number of pyridine rings is 1. The van der Waals surface area contributed by atoms with Gasteiger partial charge < -0.3 is 5.32 Å². The van der Waals surface area contributed by atoms with Crippen molar-refractivity contribution in [3.63, 3.8) is 0 Å². The molecule has 4 heterocycles. The average Bonchev–Trinajstić information content (AvgIpc) is 3.47. The molecular weight excluding hydrogens is 422 g/mol. The lowest BCUT2D eigenvalue weighted by Gasteiger charge is -2.05. The van der Waals surface area contributed by atoms with Crippen LogP contribution in [-0.2, 0) is 18.4 Å². The minimum atomic E-state index is -0.204. The maximum Gasteiger partial charge on any atom is 0.247 e. The van der Waals surface area contributed by atoms with Gasteiger partial charge in [0.25, 0.3) is 0 Å². The van der Waals surface area contributed by atoms with Crippen LogP contribution in [-0.4, -0.2) is 35.4 Å². The van der Waals surface area contributed by atoms with Crippen molar-refractivity contribution in [2.75, 3.05) is 5.32 Å². The van der Waals surface area contributed by atoms with Gasteiger partial charge in [0.2, 0.25) is 5.91 Å². The maximum atomic E-state index is 12.8. The Kier molecular flexibility index (Phi) is 5.02. The molecule has 160 valence electrons. The van der Waals surface area contributed by atoms with Crippen LogP contribution in [0.2, 0.25) is 0 Å². The van der Waals surface area contributed by atoms with Gasteiger partial charge in [-0.05, 0) is 31.0 Å². The number of carbonyl (C=O) groups is 1. The summed E-state index contributed by atoms with van der Waals surface area (Å²) < 4.78 is 3.45. The van der Waals surface area contributed by atoms with Gasteiger partial charge in [-0.25, -0.2) is 14.6 Å². The molecule has 9 heteroatoms. The van der Waals surface area contributed by atoms with Crippen molar-refractivity contribution in [3.8, 4) is 22.4 Å². The molecule has 1 N–H and O–H groups in total. The zero-order valence-electron chi connectivity index (χ0n) is 17.9. The molecule has 8 nitrogen and oxygen atoms in total. The summed E-state index contributed by atoms with van der Waals surface area (Å²) in [7, 11) is 1.89. The van der Waals surface area contributed by atoms with Crippen molar-refractivity contribution in [2.24, 2.45) is 7.05 Å². The molecule has 0 atom stereocenters. The Morgan fingerprint density at radius 3 is 2.69 bits per heavy atom. The van der Waals surface area contributed by atoms with Crippen LogP contribution >= 0.6 is 11.3 Å². The van der Waals surface area contributed by atoms with Gasteiger partial charge in [-0.2, -0.15) is 10.2 Å². The Hall–Kier alpha value is -3.85. The minimum absolute atomic E-state index is 0.0520. The van der Waals surface area contributed by atoms with Crippen molar-refractivity contribution in [1.29, 1.82) is 0 Å². The molecule has 0 bridgehead atoms. The van der Waals surface area contributed by atoms with E-state index < -0.39 is 0 Å². The lowest BCUT2D eigenvalue weighted by molar-refractivity contribution is -0.116. The van der Waals surface area contributed by atoms with Gasteiger partial charge in [-0.1, -0.05) is 30.3 Å². The molecule has 5 rings (SSSR count). The fraction of sp³-hybridized carbons (Fsp3) is 0.174. The van der Waals surface area contributed by atoms with Crippen molar-refractivity contribution in [3.05, 3.63) is 65.6 Å². The van der Waals surface area contributed by atoms with Crippen LogP contribution in [0.1, 0.15) is 11.4 Å². The van der Waals surface area contributed by atoms with Gasteiger partial charge in [0.05, 0.1) is 17.6 Å². The second-order valence-corrected chi connectivity index (χ2v) is 8.38. The zero-order valence-corrected chi connectivity index (χ0v) is 18.7. The number of aryl methyl sites for hydroxylation is 2. The normalized spacial score (nSPS) is 11.2. The maximum absolute atomic E-state index is 12.8. The summed E-state index contributed by atoms with van der Waals surface area (Å²) in [6.07, 6.45) is 3.54. The highest BCUT2D eigenvalue weighted by atomic mass is 32.1. The van der Waals surface area contributed by atoms with Gasteiger partial charge in [0.1, 0.15) is 6.54 Å². The van der Waals surface area contributed by atoms with E-state index in [0.717, 1.165) is 39.2 Å². The van der Waals surface area contributed by atoms with E-state index in [1.54, 1.807) is 21.8 Å². The van der Waals surface area contributed by atoms with Crippen LogP contribution in [0.4, 0.5) is 5.13 Å². The molecule has 0 radical (unpaired) electrons. The fourth-order valence-electron chi connectivity index (χ4n) is 3.75. The van der Waals surface area contributed by atoms with Gasteiger partial charge in [-0.3, -0.25) is 9.48 Å². The molecule has 0 aliphatic heterocycles. The summed E-state index contributed by atoms with van der Waals surface area (Å²) in [6, 6.07) is 12.1. The van der Waals surface area contributed by atoms with Gasteiger partial charge >= 0.3 is 0 Å². The number of carbonyl (C=O) groups excluding carboxylic acids is 1. The number of fused-ring (bicyclic) bond motifs is 1. The predicted octanol–water partition coefficient (Wildman–Crippen LogP) is 4.21. The van der Waals surface area contributed by atoms with E-state index in [4.69, 9.17) is 0 Å². The number of hydrogen-bond donors (Lipinski definition) is 1. The molecule has 4 aromatic heterocycles. The fourth-order valence-corrected chi connectivity index (χ4v) is 4.48. The Labute approximate surface area is 188 Å². The predicted molar refractivity (Wildman–Crippen MR) is 125 cm³/mol. The molecule has 5 aromatic rings. The van der Waals surface area contributed by atoms with Crippen molar-refractivity contribution in [2.45, 2.75) is 20.4 Å². The third-order valence-electron chi connectivity index (χ3n) is 5.45. The SMILES string of the molecule is Cc1nn(CC(=O)Nc2nc(-c3cnn(C)c3C)cs2)c2nccc(-c3ccccc3)c12. The van der Waals surface area contributed by atoms with E-state index in [-0.39, 0.29) is 12.5 Å². The summed E-state index contributed by atoms with van der Waals surface area (Å²) in [5.74, 6) is -0.204. The average molecular weight is 444 g/mol. The quantitative estimate of drug-likeness (QED) is 0.439. The first-order chi connectivity index (χ1) is 15.5. The molecule has 1 aromatic carbocycles. The molecule has 0 aliphatic rings. The van der Waals surface area contributed by atoms with Crippen LogP contribution in [0.15, 0.2) is 54.2 Å². The first kappa shape index (κ1) is 20.1. The first-order valence-corrected chi connectivity index (χ1v) is 11.0. The molecule has 1 amide bonds. The van der Waals surface area contributed by atoms with Crippen LogP contribution in [0, 0.1) is 13.8 Å². The minimum Gasteiger partial charge on any atom is -0.300 e. The Morgan fingerprint density at radius 1 is 1.12 bits per heavy atom. The van der Waals surface area contributed by atoms with Crippen LogP contribution in [0.25, 0.3) is 33.4 Å². The lowest BCUT2D eigenvalue weighted by Crippen LogP contribution is -2.19. The number of nitrogens with zero attached hydrogens (tertiary/aromatic N) is 6. The molecular formula is C23H21N7OS. The molecule has 0 spiro atoms. The number of benzene rings is 1. The molecule has 0 saturated heterocycles. The summed E-state index contributed by atoms with van der Waals surface area (Å²) in [5.41, 5.74) is 6.44. The van der Waals surface area contributed by atoms with Crippen LogP contribution in [0.3, 0.4) is 0 Å². The smallest absolute Gasteiger partial charge is 0.247 e. The number of anilines is 1. The Morgan fingerprint density at radius 2 is 1.94 bits per heavy atom. The van der Waals surface area contributed by atoms with Crippen LogP contribution < -0.4 is 5.32 Å². The third-order valence-corrected chi connectivity index (χ3v) is 6.21. The summed E-state index contributed by atoms with van der Waals surface area (Å²) in [5, 5.41) is 15.1. The second-order valence-electron chi connectivity index (χ2n) is 7.52. The van der Waals surface area contributed by atoms with E-state index in [1.165, 1.54) is 11.3 Å². The number of amides is 1. The molecule has 0 saturated carbocycles.